The first-order valence-electron chi connectivity index (χ1n) is 7.44. The zero-order valence-electron chi connectivity index (χ0n) is 12.3. The number of carbonyl (C=O) groups is 1. The maximum absolute atomic E-state index is 11.0. The Kier molecular flexibility index (Phi) is 4.45. The van der Waals surface area contributed by atoms with Gasteiger partial charge in [-0.25, -0.2) is 0 Å². The molecular weight excluding hydrogens is 300 g/mol. The minimum Gasteiger partial charge on any atom is -0.368 e. The molecule has 6 heteroatoms. The van der Waals surface area contributed by atoms with Crippen LogP contribution in [0.5, 0.6) is 0 Å². The molecule has 1 aromatic carbocycles. The molecule has 3 N–H and O–H groups in total. The summed E-state index contributed by atoms with van der Waals surface area (Å²) in [6.07, 6.45) is 5.10. The molecule has 116 valence electrons. The van der Waals surface area contributed by atoms with Crippen molar-refractivity contribution in [2.24, 2.45) is 5.73 Å². The number of fused-ring (bicyclic) bond motifs is 1. The van der Waals surface area contributed by atoms with Crippen LogP contribution in [0.15, 0.2) is 30.5 Å². The fourth-order valence-corrected chi connectivity index (χ4v) is 3.14. The number of nitrogens with two attached hydrogens (primary N) is 1. The van der Waals surface area contributed by atoms with Crippen LogP contribution in [0.2, 0.25) is 5.02 Å². The number of nitrogens with one attached hydrogen (secondary N) is 1. The largest absolute Gasteiger partial charge is 0.368 e. The number of primary amides is 1. The van der Waals surface area contributed by atoms with Crippen LogP contribution in [0.1, 0.15) is 35.7 Å². The van der Waals surface area contributed by atoms with Crippen LogP contribution >= 0.6 is 11.6 Å². The van der Waals surface area contributed by atoms with Crippen molar-refractivity contribution in [1.29, 1.82) is 0 Å². The van der Waals surface area contributed by atoms with Gasteiger partial charge in [0.1, 0.15) is 6.54 Å². The highest BCUT2D eigenvalue weighted by atomic mass is 35.5. The lowest BCUT2D eigenvalue weighted by Gasteiger charge is -2.22. The molecule has 1 aliphatic carbocycles. The van der Waals surface area contributed by atoms with Crippen LogP contribution in [0.3, 0.4) is 0 Å². The topological polar surface area (TPSA) is 72.9 Å². The number of nitrogens with zero attached hydrogens (tertiary/aromatic N) is 2. The van der Waals surface area contributed by atoms with Gasteiger partial charge in [0.2, 0.25) is 5.91 Å². The van der Waals surface area contributed by atoms with E-state index in [4.69, 9.17) is 17.3 Å². The molecule has 5 nitrogen and oxygen atoms in total. The standard InChI is InChI=1S/C16H19ClN4O/c17-13-5-1-3-11(7-13)8-19-14-6-2-4-12-9-21(10-15(18)22)20-16(12)14/h1,3,5,7,9,14,19H,2,4,6,8,10H2,(H2,18,22). The Morgan fingerprint density at radius 3 is 3.14 bits per heavy atom. The molecule has 1 aliphatic rings. The molecular formula is C16H19ClN4O. The zero-order chi connectivity index (χ0) is 15.5. The third kappa shape index (κ3) is 3.48. The van der Waals surface area contributed by atoms with Gasteiger partial charge < -0.3 is 11.1 Å². The van der Waals surface area contributed by atoms with E-state index in [2.05, 4.69) is 10.4 Å². The zero-order valence-corrected chi connectivity index (χ0v) is 13.0. The van der Waals surface area contributed by atoms with Crippen molar-refractivity contribution in [2.45, 2.75) is 38.4 Å². The number of hydrogen-bond donors (Lipinski definition) is 2. The first kappa shape index (κ1) is 15.1. The minimum absolute atomic E-state index is 0.133. The van der Waals surface area contributed by atoms with Crippen LogP contribution < -0.4 is 11.1 Å². The second-order valence-electron chi connectivity index (χ2n) is 5.66. The maximum atomic E-state index is 11.0. The highest BCUT2D eigenvalue weighted by molar-refractivity contribution is 6.30. The highest BCUT2D eigenvalue weighted by Crippen LogP contribution is 2.28. The van der Waals surface area contributed by atoms with Crippen molar-refractivity contribution < 1.29 is 4.79 Å². The predicted molar refractivity (Wildman–Crippen MR) is 85.4 cm³/mol. The molecule has 3 rings (SSSR count). The number of hydrogen-bond acceptors (Lipinski definition) is 3. The fraction of sp³-hybridized carbons (Fsp3) is 0.375. The first-order valence-corrected chi connectivity index (χ1v) is 7.82. The number of benzene rings is 1. The van der Waals surface area contributed by atoms with Crippen molar-refractivity contribution in [3.8, 4) is 0 Å². The number of carbonyl (C=O) groups excluding carboxylic acids is 1. The smallest absolute Gasteiger partial charge is 0.239 e. The van der Waals surface area contributed by atoms with Gasteiger partial charge in [0.05, 0.1) is 11.7 Å². The summed E-state index contributed by atoms with van der Waals surface area (Å²) in [4.78, 5) is 11.0. The molecule has 0 radical (unpaired) electrons. The number of aromatic nitrogens is 2. The molecule has 0 saturated carbocycles. The highest BCUT2D eigenvalue weighted by Gasteiger charge is 2.23. The van der Waals surface area contributed by atoms with E-state index in [1.54, 1.807) is 4.68 Å². The summed E-state index contributed by atoms with van der Waals surface area (Å²) < 4.78 is 1.65. The van der Waals surface area contributed by atoms with Gasteiger partial charge in [-0.15, -0.1) is 0 Å². The molecule has 0 aliphatic heterocycles. The van der Waals surface area contributed by atoms with Gasteiger partial charge in [-0.2, -0.15) is 5.10 Å². The second-order valence-corrected chi connectivity index (χ2v) is 6.10. The average Bonchev–Trinajstić information content (AvgIpc) is 2.87. The Morgan fingerprint density at radius 2 is 2.36 bits per heavy atom. The van der Waals surface area contributed by atoms with E-state index < -0.39 is 0 Å². The van der Waals surface area contributed by atoms with Gasteiger partial charge in [-0.1, -0.05) is 23.7 Å². The van der Waals surface area contributed by atoms with Crippen molar-refractivity contribution in [3.05, 3.63) is 52.3 Å². The third-order valence-corrected chi connectivity index (χ3v) is 4.13. The van der Waals surface area contributed by atoms with Gasteiger partial charge in [0.15, 0.2) is 0 Å². The SMILES string of the molecule is NC(=O)Cn1cc2c(n1)C(NCc1cccc(Cl)c1)CCC2. The molecule has 2 aromatic rings. The van der Waals surface area contributed by atoms with E-state index in [9.17, 15) is 4.79 Å². The van der Waals surface area contributed by atoms with Crippen LogP contribution in [0.4, 0.5) is 0 Å². The predicted octanol–water partition coefficient (Wildman–Crippen LogP) is 2.19. The molecule has 1 heterocycles. The summed E-state index contributed by atoms with van der Waals surface area (Å²) in [5, 5.41) is 8.81. The lowest BCUT2D eigenvalue weighted by molar-refractivity contribution is -0.118. The molecule has 0 saturated heterocycles. The quantitative estimate of drug-likeness (QED) is 0.887. The Bertz CT molecular complexity index is 683. The Hall–Kier alpha value is -1.85. The number of halogens is 1. The van der Waals surface area contributed by atoms with E-state index in [-0.39, 0.29) is 18.5 Å². The van der Waals surface area contributed by atoms with Gasteiger partial charge in [0, 0.05) is 17.8 Å². The Labute approximate surface area is 134 Å². The minimum atomic E-state index is -0.372. The normalized spacial score (nSPS) is 17.2. The lowest BCUT2D eigenvalue weighted by Crippen LogP contribution is -2.25. The number of amides is 1. The summed E-state index contributed by atoms with van der Waals surface area (Å²) in [6, 6.07) is 8.04. The summed E-state index contributed by atoms with van der Waals surface area (Å²) in [7, 11) is 0. The Balaban J connectivity index is 1.71. The molecule has 0 spiro atoms. The molecule has 22 heavy (non-hydrogen) atoms. The summed E-state index contributed by atoms with van der Waals surface area (Å²) in [5.74, 6) is -0.372. The van der Waals surface area contributed by atoms with E-state index >= 15 is 0 Å². The number of aryl methyl sites for hydroxylation is 1. The van der Waals surface area contributed by atoms with Crippen molar-refractivity contribution in [3.63, 3.8) is 0 Å². The van der Waals surface area contributed by atoms with Crippen LogP contribution in [-0.2, 0) is 24.3 Å². The van der Waals surface area contributed by atoms with Gasteiger partial charge in [-0.05, 0) is 42.5 Å². The maximum Gasteiger partial charge on any atom is 0.239 e. The van der Waals surface area contributed by atoms with Gasteiger partial charge >= 0.3 is 0 Å². The summed E-state index contributed by atoms with van der Waals surface area (Å²) in [6.45, 7) is 0.876. The molecule has 1 aromatic heterocycles. The fourth-order valence-electron chi connectivity index (χ4n) is 2.92. The lowest BCUT2D eigenvalue weighted by atomic mass is 9.93. The van der Waals surface area contributed by atoms with Crippen LogP contribution in [0.25, 0.3) is 0 Å². The average molecular weight is 319 g/mol. The molecule has 0 bridgehead atoms. The monoisotopic (exact) mass is 318 g/mol. The van der Waals surface area contributed by atoms with E-state index in [0.717, 1.165) is 42.1 Å². The molecule has 0 fully saturated rings. The molecule has 1 unspecified atom stereocenters. The second kappa shape index (κ2) is 6.50. The third-order valence-electron chi connectivity index (χ3n) is 3.90. The van der Waals surface area contributed by atoms with Crippen molar-refractivity contribution in [1.82, 2.24) is 15.1 Å². The van der Waals surface area contributed by atoms with Crippen molar-refractivity contribution in [2.75, 3.05) is 0 Å². The van der Waals surface area contributed by atoms with Crippen LogP contribution in [0, 0.1) is 0 Å². The van der Waals surface area contributed by atoms with E-state index in [1.165, 1.54) is 5.56 Å². The van der Waals surface area contributed by atoms with Crippen LogP contribution in [-0.4, -0.2) is 15.7 Å². The van der Waals surface area contributed by atoms with Crippen molar-refractivity contribution >= 4 is 17.5 Å². The molecule has 1 amide bonds. The first-order chi connectivity index (χ1) is 10.6. The Morgan fingerprint density at radius 1 is 1.50 bits per heavy atom. The number of rotatable bonds is 5. The molecule has 1 atom stereocenters. The van der Waals surface area contributed by atoms with E-state index in [1.807, 2.05) is 30.5 Å². The van der Waals surface area contributed by atoms with Gasteiger partial charge in [0.25, 0.3) is 0 Å². The van der Waals surface area contributed by atoms with Gasteiger partial charge in [-0.3, -0.25) is 9.48 Å². The summed E-state index contributed by atoms with van der Waals surface area (Å²) >= 11 is 6.01. The van der Waals surface area contributed by atoms with E-state index in [0.29, 0.717) is 0 Å². The summed E-state index contributed by atoms with van der Waals surface area (Å²) in [5.41, 5.74) is 8.63.